The zero-order valence-corrected chi connectivity index (χ0v) is 5.42. The largest absolute Gasteiger partial charge is 0.476 e. The van der Waals surface area contributed by atoms with E-state index in [-0.39, 0.29) is 5.70 Å². The molecule has 0 amide bonds. The van der Waals surface area contributed by atoms with Gasteiger partial charge in [-0.3, -0.25) is 0 Å². The Labute approximate surface area is 57.8 Å². The number of rotatable bonds is 1. The molecule has 1 heterocycles. The lowest BCUT2D eigenvalue weighted by Gasteiger charge is -2.10. The third kappa shape index (κ3) is 1.10. The summed E-state index contributed by atoms with van der Waals surface area (Å²) in [6.07, 6.45) is 2.97. The van der Waals surface area contributed by atoms with Crippen molar-refractivity contribution >= 4 is 5.97 Å². The van der Waals surface area contributed by atoms with Crippen molar-refractivity contribution in [3.63, 3.8) is 0 Å². The number of hydrogen-bond donors (Lipinski definition) is 2. The van der Waals surface area contributed by atoms with Crippen LogP contribution in [0.5, 0.6) is 0 Å². The molecule has 4 heteroatoms. The number of hydroxylamine groups is 1. The Balaban J connectivity index is 2.89. The van der Waals surface area contributed by atoms with Crippen LogP contribution in [0.4, 0.5) is 0 Å². The highest BCUT2D eigenvalue weighted by Crippen LogP contribution is 2.06. The van der Waals surface area contributed by atoms with E-state index in [9.17, 15) is 4.79 Å². The van der Waals surface area contributed by atoms with Crippen molar-refractivity contribution in [1.29, 1.82) is 0 Å². The van der Waals surface area contributed by atoms with Crippen LogP contribution < -0.4 is 5.48 Å². The second kappa shape index (κ2) is 2.43. The van der Waals surface area contributed by atoms with Gasteiger partial charge in [0, 0.05) is 0 Å². The number of hydrogen-bond acceptors (Lipinski definition) is 3. The van der Waals surface area contributed by atoms with Crippen LogP contribution in [-0.4, -0.2) is 11.1 Å². The van der Waals surface area contributed by atoms with Crippen molar-refractivity contribution in [3.05, 3.63) is 23.6 Å². The fraction of sp³-hybridized carbons (Fsp3) is 0.167. The van der Waals surface area contributed by atoms with Crippen molar-refractivity contribution in [2.75, 3.05) is 0 Å². The summed E-state index contributed by atoms with van der Waals surface area (Å²) in [5.41, 5.74) is 3.00. The van der Waals surface area contributed by atoms with E-state index in [4.69, 9.17) is 5.11 Å². The molecule has 54 valence electrons. The third-order valence-corrected chi connectivity index (χ3v) is 1.16. The van der Waals surface area contributed by atoms with Gasteiger partial charge in [0.2, 0.25) is 0 Å². The average molecular weight is 141 g/mol. The van der Waals surface area contributed by atoms with Gasteiger partial charge in [-0.2, -0.15) is 0 Å². The maximum absolute atomic E-state index is 10.3. The first-order valence-electron chi connectivity index (χ1n) is 2.74. The SMILES string of the molecule is CC1=C(C(=O)O)NOC=C1. The molecule has 4 nitrogen and oxygen atoms in total. The predicted octanol–water partition coefficient (Wildman–Crippen LogP) is 0.393. The first kappa shape index (κ1) is 6.67. The lowest BCUT2D eigenvalue weighted by Crippen LogP contribution is -2.22. The van der Waals surface area contributed by atoms with Crippen molar-refractivity contribution in [3.8, 4) is 0 Å². The van der Waals surface area contributed by atoms with Crippen LogP contribution in [0.3, 0.4) is 0 Å². The van der Waals surface area contributed by atoms with E-state index in [2.05, 4.69) is 10.3 Å². The van der Waals surface area contributed by atoms with Gasteiger partial charge in [-0.15, -0.1) is 0 Å². The lowest BCUT2D eigenvalue weighted by molar-refractivity contribution is -0.134. The smallest absolute Gasteiger partial charge is 0.355 e. The van der Waals surface area contributed by atoms with Gasteiger partial charge in [-0.05, 0) is 18.6 Å². The molecular weight excluding hydrogens is 134 g/mol. The van der Waals surface area contributed by atoms with Gasteiger partial charge in [0.15, 0.2) is 5.70 Å². The van der Waals surface area contributed by atoms with Crippen molar-refractivity contribution < 1.29 is 14.7 Å². The Morgan fingerprint density at radius 2 is 2.50 bits per heavy atom. The fourth-order valence-corrected chi connectivity index (χ4v) is 0.605. The summed E-state index contributed by atoms with van der Waals surface area (Å²) < 4.78 is 0. The van der Waals surface area contributed by atoms with E-state index in [0.29, 0.717) is 5.57 Å². The number of carboxylic acids is 1. The fourth-order valence-electron chi connectivity index (χ4n) is 0.605. The summed E-state index contributed by atoms with van der Waals surface area (Å²) in [5.74, 6) is -1.01. The van der Waals surface area contributed by atoms with Crippen LogP contribution in [0.25, 0.3) is 0 Å². The molecule has 0 saturated carbocycles. The van der Waals surface area contributed by atoms with E-state index in [0.717, 1.165) is 0 Å². The van der Waals surface area contributed by atoms with Gasteiger partial charge in [0.25, 0.3) is 0 Å². The Bertz CT molecular complexity index is 217. The monoisotopic (exact) mass is 141 g/mol. The van der Waals surface area contributed by atoms with E-state index >= 15 is 0 Å². The molecule has 0 fully saturated rings. The van der Waals surface area contributed by atoms with Crippen LogP contribution >= 0.6 is 0 Å². The van der Waals surface area contributed by atoms with Crippen molar-refractivity contribution in [2.45, 2.75) is 6.92 Å². The molecule has 0 aliphatic carbocycles. The maximum Gasteiger partial charge on any atom is 0.355 e. The highest BCUT2D eigenvalue weighted by Gasteiger charge is 2.11. The molecule has 0 bridgehead atoms. The molecule has 2 N–H and O–H groups in total. The first-order valence-corrected chi connectivity index (χ1v) is 2.74. The average Bonchev–Trinajstić information content (AvgIpc) is 1.88. The predicted molar refractivity (Wildman–Crippen MR) is 33.7 cm³/mol. The normalized spacial score (nSPS) is 16.1. The summed E-state index contributed by atoms with van der Waals surface area (Å²) in [6.45, 7) is 1.69. The van der Waals surface area contributed by atoms with Gasteiger partial charge in [0.1, 0.15) is 6.26 Å². The van der Waals surface area contributed by atoms with Gasteiger partial charge < -0.3 is 9.94 Å². The summed E-state index contributed by atoms with van der Waals surface area (Å²) in [7, 11) is 0. The van der Waals surface area contributed by atoms with Crippen LogP contribution in [0.2, 0.25) is 0 Å². The third-order valence-electron chi connectivity index (χ3n) is 1.16. The minimum atomic E-state index is -1.01. The van der Waals surface area contributed by atoms with E-state index < -0.39 is 5.97 Å². The molecular formula is C6H7NO3. The van der Waals surface area contributed by atoms with Gasteiger partial charge in [-0.25, -0.2) is 10.3 Å². The van der Waals surface area contributed by atoms with Crippen LogP contribution in [0.15, 0.2) is 23.6 Å². The summed E-state index contributed by atoms with van der Waals surface area (Å²) in [4.78, 5) is 14.9. The van der Waals surface area contributed by atoms with E-state index in [1.165, 1.54) is 6.26 Å². The number of carbonyl (C=O) groups is 1. The highest BCUT2D eigenvalue weighted by atomic mass is 16.6. The zero-order chi connectivity index (χ0) is 7.56. The van der Waals surface area contributed by atoms with Crippen LogP contribution in [0, 0.1) is 0 Å². The van der Waals surface area contributed by atoms with Crippen molar-refractivity contribution in [2.24, 2.45) is 0 Å². The number of allylic oxidation sites excluding steroid dienone is 2. The minimum Gasteiger partial charge on any atom is -0.476 e. The molecule has 0 saturated heterocycles. The Morgan fingerprint density at radius 3 is 2.90 bits per heavy atom. The number of carboxylic acid groups (broad SMARTS) is 1. The molecule has 1 aliphatic heterocycles. The van der Waals surface area contributed by atoms with Gasteiger partial charge >= 0.3 is 5.97 Å². The Morgan fingerprint density at radius 1 is 1.80 bits per heavy atom. The lowest BCUT2D eigenvalue weighted by atomic mass is 10.2. The summed E-state index contributed by atoms with van der Waals surface area (Å²) in [6, 6.07) is 0. The van der Waals surface area contributed by atoms with Gasteiger partial charge in [-0.1, -0.05) is 0 Å². The summed E-state index contributed by atoms with van der Waals surface area (Å²) in [5, 5.41) is 8.47. The Kier molecular flexibility index (Phi) is 1.62. The molecule has 0 radical (unpaired) electrons. The molecule has 10 heavy (non-hydrogen) atoms. The van der Waals surface area contributed by atoms with Crippen LogP contribution in [0.1, 0.15) is 6.92 Å². The quantitative estimate of drug-likeness (QED) is 0.554. The topological polar surface area (TPSA) is 58.6 Å². The molecule has 1 rings (SSSR count). The van der Waals surface area contributed by atoms with E-state index in [1.807, 2.05) is 0 Å². The second-order valence-corrected chi connectivity index (χ2v) is 1.89. The molecule has 0 unspecified atom stereocenters. The standard InChI is InChI=1S/C6H7NO3/c1-4-2-3-10-7-5(4)6(8)9/h2-3,7H,1H3,(H,8,9). The maximum atomic E-state index is 10.3. The summed E-state index contributed by atoms with van der Waals surface area (Å²) >= 11 is 0. The minimum absolute atomic E-state index is 0.0856. The highest BCUT2D eigenvalue weighted by molar-refractivity contribution is 5.87. The Hall–Kier alpha value is -1.45. The van der Waals surface area contributed by atoms with E-state index in [1.54, 1.807) is 13.0 Å². The number of nitrogens with one attached hydrogen (secondary N) is 1. The number of aliphatic carboxylic acids is 1. The molecule has 0 aromatic carbocycles. The first-order chi connectivity index (χ1) is 4.72. The molecule has 0 aromatic rings. The van der Waals surface area contributed by atoms with Gasteiger partial charge in [0.05, 0.1) is 0 Å². The zero-order valence-electron chi connectivity index (χ0n) is 5.42. The van der Waals surface area contributed by atoms with Crippen LogP contribution in [-0.2, 0) is 9.63 Å². The second-order valence-electron chi connectivity index (χ2n) is 1.89. The van der Waals surface area contributed by atoms with Crippen molar-refractivity contribution in [1.82, 2.24) is 5.48 Å². The molecule has 0 atom stereocenters. The molecule has 0 aromatic heterocycles. The molecule has 1 aliphatic rings. The molecule has 0 spiro atoms.